The third-order valence-corrected chi connectivity index (χ3v) is 1.99. The van der Waals surface area contributed by atoms with Crippen LogP contribution in [-0.2, 0) is 6.54 Å². The van der Waals surface area contributed by atoms with E-state index in [0.29, 0.717) is 18.3 Å². The van der Waals surface area contributed by atoms with E-state index in [2.05, 4.69) is 25.8 Å². The molecular formula is C10H16F3N5O. The van der Waals surface area contributed by atoms with Crippen LogP contribution < -0.4 is 10.6 Å². The molecule has 1 aromatic rings. The standard InChI is InChI=1S/C10H16F3N5O/c1-3-14-9(15-5-4-10(11,12)13)16-6-8-17-7(2)19-18-8/h3-6H2,1-2H3,(H2,14,15,16). The highest BCUT2D eigenvalue weighted by Gasteiger charge is 2.26. The lowest BCUT2D eigenvalue weighted by Crippen LogP contribution is -2.38. The second kappa shape index (κ2) is 6.95. The molecule has 0 fully saturated rings. The fraction of sp³-hybridized carbons (Fsp3) is 0.700. The Hall–Kier alpha value is -1.80. The predicted molar refractivity (Wildman–Crippen MR) is 62.5 cm³/mol. The SMILES string of the molecule is CCNC(=NCc1noc(C)n1)NCCC(F)(F)F. The summed E-state index contributed by atoms with van der Waals surface area (Å²) in [4.78, 5) is 8.00. The van der Waals surface area contributed by atoms with Gasteiger partial charge in [0.15, 0.2) is 11.8 Å². The van der Waals surface area contributed by atoms with Gasteiger partial charge in [-0.2, -0.15) is 18.2 Å². The van der Waals surface area contributed by atoms with Crippen LogP contribution in [0.15, 0.2) is 9.52 Å². The molecule has 0 radical (unpaired) electrons. The molecule has 0 aromatic carbocycles. The van der Waals surface area contributed by atoms with Gasteiger partial charge in [0.05, 0.1) is 6.42 Å². The zero-order valence-corrected chi connectivity index (χ0v) is 10.7. The average molecular weight is 279 g/mol. The minimum absolute atomic E-state index is 0.138. The molecule has 0 saturated carbocycles. The third kappa shape index (κ3) is 6.63. The first kappa shape index (κ1) is 15.3. The van der Waals surface area contributed by atoms with E-state index in [1.54, 1.807) is 6.92 Å². The second-order valence-electron chi connectivity index (χ2n) is 3.72. The number of aryl methyl sites for hydroxylation is 1. The Morgan fingerprint density at radius 1 is 1.37 bits per heavy atom. The molecule has 0 saturated heterocycles. The number of aliphatic imine (C=N–C) groups is 1. The molecular weight excluding hydrogens is 263 g/mol. The first-order valence-corrected chi connectivity index (χ1v) is 5.79. The van der Waals surface area contributed by atoms with Crippen LogP contribution in [-0.4, -0.2) is 35.4 Å². The number of hydrogen-bond donors (Lipinski definition) is 2. The monoisotopic (exact) mass is 279 g/mol. The molecule has 0 unspecified atom stereocenters. The molecule has 0 amide bonds. The van der Waals surface area contributed by atoms with Crippen molar-refractivity contribution in [3.05, 3.63) is 11.7 Å². The van der Waals surface area contributed by atoms with E-state index in [1.165, 1.54) is 0 Å². The largest absolute Gasteiger partial charge is 0.390 e. The van der Waals surface area contributed by atoms with Crippen LogP contribution in [0.4, 0.5) is 13.2 Å². The van der Waals surface area contributed by atoms with Gasteiger partial charge in [0.2, 0.25) is 5.89 Å². The van der Waals surface area contributed by atoms with E-state index >= 15 is 0 Å². The summed E-state index contributed by atoms with van der Waals surface area (Å²) in [5.41, 5.74) is 0. The molecule has 19 heavy (non-hydrogen) atoms. The molecule has 1 rings (SSSR count). The average Bonchev–Trinajstić information content (AvgIpc) is 2.70. The molecule has 0 aliphatic carbocycles. The first-order valence-electron chi connectivity index (χ1n) is 5.79. The maximum atomic E-state index is 12.0. The molecule has 9 heteroatoms. The smallest absolute Gasteiger partial charge is 0.357 e. The van der Waals surface area contributed by atoms with Gasteiger partial charge in [-0.05, 0) is 6.92 Å². The van der Waals surface area contributed by atoms with Crippen molar-refractivity contribution < 1.29 is 17.7 Å². The zero-order valence-electron chi connectivity index (χ0n) is 10.7. The minimum Gasteiger partial charge on any atom is -0.357 e. The Balaban J connectivity index is 2.46. The van der Waals surface area contributed by atoms with Crippen molar-refractivity contribution in [3.63, 3.8) is 0 Å². The van der Waals surface area contributed by atoms with E-state index < -0.39 is 12.6 Å². The second-order valence-corrected chi connectivity index (χ2v) is 3.72. The molecule has 108 valence electrons. The lowest BCUT2D eigenvalue weighted by Gasteiger charge is -2.11. The van der Waals surface area contributed by atoms with Gasteiger partial charge in [-0.1, -0.05) is 5.16 Å². The van der Waals surface area contributed by atoms with E-state index in [0.717, 1.165) is 0 Å². The number of nitrogens with one attached hydrogen (secondary N) is 2. The van der Waals surface area contributed by atoms with Crippen LogP contribution >= 0.6 is 0 Å². The molecule has 1 heterocycles. The number of rotatable bonds is 5. The van der Waals surface area contributed by atoms with Crippen molar-refractivity contribution >= 4 is 5.96 Å². The number of alkyl halides is 3. The van der Waals surface area contributed by atoms with Crippen LogP contribution in [0, 0.1) is 6.92 Å². The predicted octanol–water partition coefficient (Wildman–Crippen LogP) is 1.39. The topological polar surface area (TPSA) is 75.3 Å². The van der Waals surface area contributed by atoms with Crippen LogP contribution in [0.2, 0.25) is 0 Å². The number of halogens is 3. The third-order valence-electron chi connectivity index (χ3n) is 1.99. The molecule has 0 bridgehead atoms. The number of nitrogens with zero attached hydrogens (tertiary/aromatic N) is 3. The van der Waals surface area contributed by atoms with Crippen LogP contribution in [0.3, 0.4) is 0 Å². The quantitative estimate of drug-likeness (QED) is 0.629. The van der Waals surface area contributed by atoms with Crippen molar-refractivity contribution in [2.75, 3.05) is 13.1 Å². The van der Waals surface area contributed by atoms with Gasteiger partial charge in [-0.25, -0.2) is 4.99 Å². The van der Waals surface area contributed by atoms with Gasteiger partial charge in [0.1, 0.15) is 6.54 Å². The summed E-state index contributed by atoms with van der Waals surface area (Å²) < 4.78 is 40.8. The summed E-state index contributed by atoms with van der Waals surface area (Å²) in [6.45, 7) is 3.91. The molecule has 0 aliphatic rings. The highest BCUT2D eigenvalue weighted by Crippen LogP contribution is 2.17. The summed E-state index contributed by atoms with van der Waals surface area (Å²) >= 11 is 0. The first-order chi connectivity index (χ1) is 8.90. The van der Waals surface area contributed by atoms with Crippen LogP contribution in [0.5, 0.6) is 0 Å². The van der Waals surface area contributed by atoms with Gasteiger partial charge in [0, 0.05) is 20.0 Å². The van der Waals surface area contributed by atoms with E-state index in [1.807, 2.05) is 6.92 Å². The normalized spacial score (nSPS) is 12.6. The lowest BCUT2D eigenvalue weighted by molar-refractivity contribution is -0.132. The number of guanidine groups is 1. The Morgan fingerprint density at radius 3 is 2.63 bits per heavy atom. The van der Waals surface area contributed by atoms with E-state index in [-0.39, 0.29) is 19.0 Å². The van der Waals surface area contributed by atoms with Gasteiger partial charge >= 0.3 is 6.18 Å². The molecule has 6 nitrogen and oxygen atoms in total. The lowest BCUT2D eigenvalue weighted by atomic mass is 10.4. The van der Waals surface area contributed by atoms with E-state index in [9.17, 15) is 13.2 Å². The van der Waals surface area contributed by atoms with Crippen LogP contribution in [0.1, 0.15) is 25.1 Å². The minimum atomic E-state index is -4.19. The van der Waals surface area contributed by atoms with E-state index in [4.69, 9.17) is 4.52 Å². The van der Waals surface area contributed by atoms with Gasteiger partial charge in [0.25, 0.3) is 0 Å². The zero-order chi connectivity index (χ0) is 14.3. The van der Waals surface area contributed by atoms with Crippen molar-refractivity contribution in [3.8, 4) is 0 Å². The number of aromatic nitrogens is 2. The maximum absolute atomic E-state index is 12.0. The molecule has 2 N–H and O–H groups in total. The number of hydrogen-bond acceptors (Lipinski definition) is 4. The highest BCUT2D eigenvalue weighted by atomic mass is 19.4. The Morgan fingerprint density at radius 2 is 2.11 bits per heavy atom. The summed E-state index contributed by atoms with van der Waals surface area (Å²) in [7, 11) is 0. The summed E-state index contributed by atoms with van der Waals surface area (Å²) in [6.07, 6.45) is -5.10. The van der Waals surface area contributed by atoms with Gasteiger partial charge < -0.3 is 15.2 Å². The molecule has 1 aromatic heterocycles. The fourth-order valence-electron chi connectivity index (χ4n) is 1.22. The Labute approximate surface area is 108 Å². The Bertz CT molecular complexity index is 416. The summed E-state index contributed by atoms with van der Waals surface area (Å²) in [5, 5.41) is 9.06. The fourth-order valence-corrected chi connectivity index (χ4v) is 1.22. The van der Waals surface area contributed by atoms with Crippen molar-refractivity contribution in [2.24, 2.45) is 4.99 Å². The van der Waals surface area contributed by atoms with Crippen LogP contribution in [0.25, 0.3) is 0 Å². The van der Waals surface area contributed by atoms with Crippen molar-refractivity contribution in [2.45, 2.75) is 33.0 Å². The Kier molecular flexibility index (Phi) is 5.58. The van der Waals surface area contributed by atoms with Gasteiger partial charge in [-0.3, -0.25) is 0 Å². The van der Waals surface area contributed by atoms with Crippen molar-refractivity contribution in [1.29, 1.82) is 0 Å². The summed E-state index contributed by atoms with van der Waals surface area (Å²) in [5.74, 6) is 1.08. The molecule has 0 atom stereocenters. The maximum Gasteiger partial charge on any atom is 0.390 e. The molecule has 0 spiro atoms. The molecule has 0 aliphatic heterocycles. The van der Waals surface area contributed by atoms with Gasteiger partial charge in [-0.15, -0.1) is 0 Å². The van der Waals surface area contributed by atoms with Crippen molar-refractivity contribution in [1.82, 2.24) is 20.8 Å². The highest BCUT2D eigenvalue weighted by molar-refractivity contribution is 5.79. The summed E-state index contributed by atoms with van der Waals surface area (Å²) in [6, 6.07) is 0.